The number of carbonyl (C=O) groups excluding carboxylic acids is 1. The zero-order chi connectivity index (χ0) is 23.8. The highest BCUT2D eigenvalue weighted by molar-refractivity contribution is 9.10. The molecule has 0 fully saturated rings. The van der Waals surface area contributed by atoms with Crippen LogP contribution in [0.1, 0.15) is 40.7 Å². The fourth-order valence-corrected chi connectivity index (χ4v) is 2.26. The predicted molar refractivity (Wildman–Crippen MR) is 122 cm³/mol. The predicted octanol–water partition coefficient (Wildman–Crippen LogP) is 3.98. The first-order valence-electron chi connectivity index (χ1n) is 8.86. The molecule has 0 aromatic carbocycles. The molecular formula is C19H23Br2ClN2O7. The van der Waals surface area contributed by atoms with E-state index in [4.69, 9.17) is 31.7 Å². The van der Waals surface area contributed by atoms with Crippen LogP contribution in [-0.2, 0) is 4.74 Å². The highest BCUT2D eigenvalue weighted by atomic mass is 79.9. The maximum atomic E-state index is 10.9. The molecule has 31 heavy (non-hydrogen) atoms. The standard InChI is InChI=1S/C9H10BrNO3.C7H5BrClNO2.C3H8O2/c1-2-5-14-8-6(10)3-4-7(11-8)9(12)13;1-12-7(11)5-3-2-4(8)6(9)10-5;4-2-1-3-5/h3-4H,2,5H2,1H3,(H,12,13);2-3H,1H3;4-5H,1-3H2. The number of ether oxygens (including phenoxy) is 2. The number of nitrogens with zero attached hydrogens (tertiary/aromatic N) is 2. The van der Waals surface area contributed by atoms with E-state index in [2.05, 4.69) is 46.6 Å². The molecule has 9 nitrogen and oxygen atoms in total. The van der Waals surface area contributed by atoms with E-state index in [1.54, 1.807) is 12.1 Å². The number of carbonyl (C=O) groups is 2. The largest absolute Gasteiger partial charge is 0.477 e. The summed E-state index contributed by atoms with van der Waals surface area (Å²) in [6.45, 7) is 2.68. The summed E-state index contributed by atoms with van der Waals surface area (Å²) in [6.07, 6.45) is 1.35. The van der Waals surface area contributed by atoms with Crippen LogP contribution in [0.3, 0.4) is 0 Å². The summed E-state index contributed by atoms with van der Waals surface area (Å²) < 4.78 is 11.0. The summed E-state index contributed by atoms with van der Waals surface area (Å²) in [5.41, 5.74) is 0.185. The first-order valence-corrected chi connectivity index (χ1v) is 10.8. The molecule has 0 radical (unpaired) electrons. The molecule has 0 saturated carbocycles. The van der Waals surface area contributed by atoms with Crippen LogP contribution < -0.4 is 4.74 Å². The number of aromatic carboxylic acids is 1. The van der Waals surface area contributed by atoms with Crippen molar-refractivity contribution >= 4 is 55.4 Å². The lowest BCUT2D eigenvalue weighted by Crippen LogP contribution is -2.04. The average molecular weight is 587 g/mol. The second kappa shape index (κ2) is 16.8. The molecule has 2 aromatic rings. The minimum absolute atomic E-state index is 0.0145. The van der Waals surface area contributed by atoms with Crippen molar-refractivity contribution in [1.82, 2.24) is 9.97 Å². The Morgan fingerprint density at radius 1 is 1.03 bits per heavy atom. The number of hydrogen-bond donors (Lipinski definition) is 3. The Morgan fingerprint density at radius 3 is 2.06 bits per heavy atom. The topological polar surface area (TPSA) is 139 Å². The van der Waals surface area contributed by atoms with Crippen molar-refractivity contribution in [3.05, 3.63) is 49.8 Å². The molecule has 0 saturated heterocycles. The van der Waals surface area contributed by atoms with Crippen molar-refractivity contribution in [3.8, 4) is 5.88 Å². The number of carboxylic acids is 1. The molecule has 0 aliphatic heterocycles. The summed E-state index contributed by atoms with van der Waals surface area (Å²) >= 11 is 12.0. The summed E-state index contributed by atoms with van der Waals surface area (Å²) in [7, 11) is 1.29. The van der Waals surface area contributed by atoms with Crippen molar-refractivity contribution in [1.29, 1.82) is 0 Å². The number of esters is 1. The number of methoxy groups -OCH3 is 1. The first-order chi connectivity index (χ1) is 14.7. The van der Waals surface area contributed by atoms with Crippen LogP contribution in [-0.4, -0.2) is 64.2 Å². The van der Waals surface area contributed by atoms with Crippen molar-refractivity contribution in [2.75, 3.05) is 26.9 Å². The second-order valence-corrected chi connectivity index (χ2v) is 7.47. The third-order valence-corrected chi connectivity index (χ3v) is 4.75. The van der Waals surface area contributed by atoms with Crippen LogP contribution >= 0.6 is 43.5 Å². The number of aromatic nitrogens is 2. The van der Waals surface area contributed by atoms with Gasteiger partial charge in [0, 0.05) is 13.2 Å². The van der Waals surface area contributed by atoms with Crippen LogP contribution in [0.5, 0.6) is 5.88 Å². The lowest BCUT2D eigenvalue weighted by molar-refractivity contribution is 0.0593. The number of carboxylic acid groups (broad SMARTS) is 1. The number of hydrogen-bond acceptors (Lipinski definition) is 8. The fraction of sp³-hybridized carbons (Fsp3) is 0.368. The Labute approximate surface area is 201 Å². The number of aliphatic hydroxyl groups is 2. The van der Waals surface area contributed by atoms with Crippen LogP contribution in [0.4, 0.5) is 0 Å². The molecule has 0 spiro atoms. The van der Waals surface area contributed by atoms with Gasteiger partial charge in [0.1, 0.15) is 10.8 Å². The maximum absolute atomic E-state index is 10.9. The van der Waals surface area contributed by atoms with Gasteiger partial charge in [0.25, 0.3) is 0 Å². The Hall–Kier alpha value is -1.79. The normalized spacial score (nSPS) is 9.52. The van der Waals surface area contributed by atoms with E-state index in [0.717, 1.165) is 6.42 Å². The lowest BCUT2D eigenvalue weighted by Gasteiger charge is -2.05. The zero-order valence-corrected chi connectivity index (χ0v) is 20.8. The van der Waals surface area contributed by atoms with Gasteiger partial charge in [-0.3, -0.25) is 0 Å². The number of pyridine rings is 2. The molecule has 2 heterocycles. The van der Waals surface area contributed by atoms with Crippen LogP contribution in [0.2, 0.25) is 5.15 Å². The summed E-state index contributed by atoms with van der Waals surface area (Å²) in [6, 6.07) is 6.20. The first kappa shape index (κ1) is 29.2. The number of halogens is 3. The van der Waals surface area contributed by atoms with Gasteiger partial charge in [-0.2, -0.15) is 0 Å². The molecule has 0 aliphatic rings. The van der Waals surface area contributed by atoms with Gasteiger partial charge >= 0.3 is 11.9 Å². The van der Waals surface area contributed by atoms with E-state index in [1.165, 1.54) is 19.2 Å². The third-order valence-electron chi connectivity index (χ3n) is 2.99. The van der Waals surface area contributed by atoms with Crippen molar-refractivity contribution in [2.45, 2.75) is 19.8 Å². The van der Waals surface area contributed by atoms with Crippen LogP contribution in [0.15, 0.2) is 33.2 Å². The molecule has 3 N–H and O–H groups in total. The zero-order valence-electron chi connectivity index (χ0n) is 16.8. The lowest BCUT2D eigenvalue weighted by atomic mass is 10.3. The SMILES string of the molecule is CCCOc1nc(C(=O)O)ccc1Br.COC(=O)c1ccc(Br)c(Cl)n1.OCCCO. The molecule has 2 rings (SSSR count). The minimum Gasteiger partial charge on any atom is -0.477 e. The van der Waals surface area contributed by atoms with Gasteiger partial charge in [-0.1, -0.05) is 18.5 Å². The molecule has 0 amide bonds. The van der Waals surface area contributed by atoms with Gasteiger partial charge < -0.3 is 24.8 Å². The average Bonchev–Trinajstić information content (AvgIpc) is 2.75. The van der Waals surface area contributed by atoms with Gasteiger partial charge in [-0.05, 0) is 69.0 Å². The van der Waals surface area contributed by atoms with E-state index >= 15 is 0 Å². The number of aliphatic hydroxyl groups excluding tert-OH is 2. The van der Waals surface area contributed by atoms with Crippen molar-refractivity contribution in [2.24, 2.45) is 0 Å². The van der Waals surface area contributed by atoms with E-state index < -0.39 is 11.9 Å². The molecule has 2 aromatic heterocycles. The highest BCUT2D eigenvalue weighted by Gasteiger charge is 2.09. The van der Waals surface area contributed by atoms with E-state index in [0.29, 0.717) is 27.9 Å². The molecule has 12 heteroatoms. The van der Waals surface area contributed by atoms with E-state index in [9.17, 15) is 9.59 Å². The van der Waals surface area contributed by atoms with Gasteiger partial charge in [0.05, 0.1) is 22.7 Å². The monoisotopic (exact) mass is 584 g/mol. The van der Waals surface area contributed by atoms with Crippen molar-refractivity contribution in [3.63, 3.8) is 0 Å². The Morgan fingerprint density at radius 2 is 1.61 bits per heavy atom. The Balaban J connectivity index is 0.000000483. The molecular weight excluding hydrogens is 563 g/mol. The second-order valence-electron chi connectivity index (χ2n) is 5.40. The van der Waals surface area contributed by atoms with Gasteiger partial charge in [0.15, 0.2) is 5.69 Å². The fourth-order valence-electron chi connectivity index (χ4n) is 1.55. The summed E-state index contributed by atoms with van der Waals surface area (Å²) in [4.78, 5) is 29.2. The van der Waals surface area contributed by atoms with Gasteiger partial charge in [-0.15, -0.1) is 0 Å². The third kappa shape index (κ3) is 12.0. The van der Waals surface area contributed by atoms with E-state index in [1.807, 2.05) is 6.92 Å². The molecule has 0 unspecified atom stereocenters. The summed E-state index contributed by atoms with van der Waals surface area (Å²) in [5.74, 6) is -1.23. The van der Waals surface area contributed by atoms with Gasteiger partial charge in [0.2, 0.25) is 5.88 Å². The van der Waals surface area contributed by atoms with Crippen molar-refractivity contribution < 1.29 is 34.4 Å². The molecule has 0 aliphatic carbocycles. The minimum atomic E-state index is -1.06. The number of rotatable bonds is 7. The van der Waals surface area contributed by atoms with Crippen LogP contribution in [0, 0.1) is 0 Å². The van der Waals surface area contributed by atoms with Gasteiger partial charge in [-0.25, -0.2) is 19.6 Å². The molecule has 0 bridgehead atoms. The van der Waals surface area contributed by atoms with E-state index in [-0.39, 0.29) is 29.8 Å². The maximum Gasteiger partial charge on any atom is 0.356 e. The molecule has 0 atom stereocenters. The van der Waals surface area contributed by atoms with Crippen LogP contribution in [0.25, 0.3) is 0 Å². The highest BCUT2D eigenvalue weighted by Crippen LogP contribution is 2.22. The quantitative estimate of drug-likeness (QED) is 0.325. The summed E-state index contributed by atoms with van der Waals surface area (Å²) in [5, 5.41) is 24.8. The molecule has 172 valence electrons. The Bertz CT molecular complexity index is 839. The smallest absolute Gasteiger partial charge is 0.356 e. The Kier molecular flexibility index (Phi) is 15.9.